The molecule has 1 unspecified atom stereocenters. The molecule has 46 heavy (non-hydrogen) atoms. The normalized spacial score (nSPS) is 18.5. The Hall–Kier alpha value is -4.42. The van der Waals surface area contributed by atoms with Gasteiger partial charge in [-0.15, -0.1) is 0 Å². The number of carbonyl (C=O) groups excluding carboxylic acids is 1. The zero-order valence-corrected chi connectivity index (χ0v) is 27.0. The molecule has 6 nitrogen and oxygen atoms in total. The van der Waals surface area contributed by atoms with Crippen molar-refractivity contribution < 1.29 is 19.4 Å². The number of anilines is 1. The van der Waals surface area contributed by atoms with Crippen molar-refractivity contribution in [2.45, 2.75) is 89.4 Å². The van der Waals surface area contributed by atoms with Crippen LogP contribution in [0.3, 0.4) is 0 Å². The molecule has 5 rings (SSSR count). The predicted octanol–water partition coefficient (Wildman–Crippen LogP) is 9.66. The third-order valence-electron chi connectivity index (χ3n) is 9.36. The number of carboxylic acid groups (broad SMARTS) is 1. The fraction of sp³-hybridized carbons (Fsp3) is 0.350. The monoisotopic (exact) mass is 618 g/mol. The van der Waals surface area contributed by atoms with Crippen molar-refractivity contribution in [2.75, 3.05) is 5.32 Å². The van der Waals surface area contributed by atoms with Crippen molar-refractivity contribution in [1.82, 2.24) is 4.90 Å². The van der Waals surface area contributed by atoms with E-state index in [0.29, 0.717) is 18.2 Å². The van der Waals surface area contributed by atoms with E-state index in [1.165, 1.54) is 11.1 Å². The van der Waals surface area contributed by atoms with Gasteiger partial charge in [0.05, 0.1) is 5.69 Å². The first-order chi connectivity index (χ1) is 22.3. The molecule has 0 bridgehead atoms. The number of carbonyl (C=O) groups is 2. The summed E-state index contributed by atoms with van der Waals surface area (Å²) in [6.45, 7) is 5.87. The number of ether oxygens (including phenoxy) is 1. The molecule has 0 aliphatic heterocycles. The molecule has 1 atom stereocenters. The van der Waals surface area contributed by atoms with Gasteiger partial charge < -0.3 is 9.84 Å². The van der Waals surface area contributed by atoms with E-state index in [1.54, 1.807) is 0 Å². The smallest absolute Gasteiger partial charge is 0.412 e. The third-order valence-corrected chi connectivity index (χ3v) is 9.36. The Balaban J connectivity index is 1.28. The minimum atomic E-state index is -0.799. The number of nitrogens with one attached hydrogen (secondary N) is 1. The molecule has 0 saturated heterocycles. The molecule has 4 aromatic rings. The number of rotatable bonds is 13. The minimum Gasteiger partial charge on any atom is -0.481 e. The Morgan fingerprint density at radius 1 is 0.870 bits per heavy atom. The number of hydrogen-bond donors (Lipinski definition) is 2. The van der Waals surface area contributed by atoms with Gasteiger partial charge in [0.25, 0.3) is 0 Å². The second kappa shape index (κ2) is 15.7. The fourth-order valence-corrected chi connectivity index (χ4v) is 6.68. The summed E-state index contributed by atoms with van der Waals surface area (Å²) in [6, 6.07) is 37.6. The van der Waals surface area contributed by atoms with Gasteiger partial charge in [0.1, 0.15) is 5.60 Å². The Bertz CT molecular complexity index is 1510. The lowest BCUT2D eigenvalue weighted by atomic mass is 9.82. The Labute approximate surface area is 273 Å². The van der Waals surface area contributed by atoms with Gasteiger partial charge in [0, 0.05) is 31.1 Å². The minimum absolute atomic E-state index is 0.0833. The number of benzene rings is 4. The SMILES string of the molecule is CCC(CCC(=O)O)c1ccc(-c2ccccc2)c(NC(=O)OC2(C)CCC(N(Cc3ccccc3)Cc3ccccc3)CC2)c1. The first-order valence-corrected chi connectivity index (χ1v) is 16.5. The maximum Gasteiger partial charge on any atom is 0.412 e. The van der Waals surface area contributed by atoms with Crippen LogP contribution in [-0.2, 0) is 22.6 Å². The van der Waals surface area contributed by atoms with Gasteiger partial charge in [-0.2, -0.15) is 0 Å². The van der Waals surface area contributed by atoms with Crippen LogP contribution in [0.25, 0.3) is 11.1 Å². The molecular formula is C40H46N2O4. The van der Waals surface area contributed by atoms with Gasteiger partial charge in [0.15, 0.2) is 0 Å². The van der Waals surface area contributed by atoms with Crippen LogP contribution in [0.15, 0.2) is 109 Å². The van der Waals surface area contributed by atoms with Crippen LogP contribution in [-0.4, -0.2) is 33.7 Å². The van der Waals surface area contributed by atoms with Crippen molar-refractivity contribution in [3.8, 4) is 11.1 Å². The molecule has 6 heteroatoms. The molecule has 2 N–H and O–H groups in total. The van der Waals surface area contributed by atoms with Gasteiger partial charge in [0.2, 0.25) is 0 Å². The molecule has 1 amide bonds. The molecule has 1 fully saturated rings. The van der Waals surface area contributed by atoms with E-state index >= 15 is 0 Å². The van der Waals surface area contributed by atoms with Crippen molar-refractivity contribution in [3.63, 3.8) is 0 Å². The van der Waals surface area contributed by atoms with Crippen molar-refractivity contribution in [3.05, 3.63) is 126 Å². The number of nitrogens with zero attached hydrogens (tertiary/aromatic N) is 1. The Morgan fingerprint density at radius 3 is 1.98 bits per heavy atom. The number of hydrogen-bond acceptors (Lipinski definition) is 4. The summed E-state index contributed by atoms with van der Waals surface area (Å²) >= 11 is 0. The van der Waals surface area contributed by atoms with E-state index in [0.717, 1.165) is 61.9 Å². The number of carboxylic acids is 1. The zero-order valence-electron chi connectivity index (χ0n) is 27.0. The number of amides is 1. The van der Waals surface area contributed by atoms with Gasteiger partial charge in [-0.3, -0.25) is 15.0 Å². The summed E-state index contributed by atoms with van der Waals surface area (Å²) in [6.07, 6.45) is 4.45. The quantitative estimate of drug-likeness (QED) is 0.156. The maximum absolute atomic E-state index is 13.5. The highest BCUT2D eigenvalue weighted by atomic mass is 16.6. The average Bonchev–Trinajstić information content (AvgIpc) is 3.06. The van der Waals surface area contributed by atoms with Crippen molar-refractivity contribution in [2.24, 2.45) is 0 Å². The lowest BCUT2D eigenvalue weighted by Gasteiger charge is -2.41. The van der Waals surface area contributed by atoms with E-state index in [1.807, 2.05) is 48.5 Å². The highest BCUT2D eigenvalue weighted by Gasteiger charge is 2.36. The zero-order chi connectivity index (χ0) is 32.4. The van der Waals surface area contributed by atoms with Crippen LogP contribution >= 0.6 is 0 Å². The van der Waals surface area contributed by atoms with E-state index in [4.69, 9.17) is 4.74 Å². The largest absolute Gasteiger partial charge is 0.481 e. The Morgan fingerprint density at radius 2 is 1.43 bits per heavy atom. The fourth-order valence-electron chi connectivity index (χ4n) is 6.68. The summed E-state index contributed by atoms with van der Waals surface area (Å²) in [7, 11) is 0. The first kappa shape index (κ1) is 33.0. The van der Waals surface area contributed by atoms with E-state index in [9.17, 15) is 14.7 Å². The molecule has 4 aromatic carbocycles. The molecule has 0 radical (unpaired) electrons. The summed E-state index contributed by atoms with van der Waals surface area (Å²) in [5, 5.41) is 12.3. The van der Waals surface area contributed by atoms with Crippen LogP contribution in [0.4, 0.5) is 10.5 Å². The van der Waals surface area contributed by atoms with Crippen LogP contribution in [0, 0.1) is 0 Å². The molecule has 0 spiro atoms. The topological polar surface area (TPSA) is 78.9 Å². The Kier molecular flexibility index (Phi) is 11.3. The van der Waals surface area contributed by atoms with Gasteiger partial charge >= 0.3 is 12.1 Å². The molecular weight excluding hydrogens is 572 g/mol. The lowest BCUT2D eigenvalue weighted by molar-refractivity contribution is -0.137. The molecule has 240 valence electrons. The van der Waals surface area contributed by atoms with Crippen LogP contribution in [0.2, 0.25) is 0 Å². The summed E-state index contributed by atoms with van der Waals surface area (Å²) in [4.78, 5) is 27.3. The summed E-state index contributed by atoms with van der Waals surface area (Å²) in [5.41, 5.74) is 5.62. The second-order valence-electron chi connectivity index (χ2n) is 12.8. The van der Waals surface area contributed by atoms with E-state index in [-0.39, 0.29) is 12.3 Å². The average molecular weight is 619 g/mol. The summed E-state index contributed by atoms with van der Waals surface area (Å²) < 4.78 is 6.20. The van der Waals surface area contributed by atoms with Gasteiger partial charge in [-0.25, -0.2) is 4.79 Å². The van der Waals surface area contributed by atoms with Gasteiger partial charge in [-0.1, -0.05) is 110 Å². The first-order valence-electron chi connectivity index (χ1n) is 16.5. The molecule has 1 aliphatic carbocycles. The molecule has 0 heterocycles. The maximum atomic E-state index is 13.5. The molecule has 0 aromatic heterocycles. The molecule has 1 saturated carbocycles. The highest BCUT2D eigenvalue weighted by Crippen LogP contribution is 2.37. The predicted molar refractivity (Wildman–Crippen MR) is 185 cm³/mol. The standard InChI is InChI=1S/C40H46N2O4/c1-3-32(20-22-38(43)44)34-19-21-36(33-17-11-6-12-18-33)37(27-34)41-39(45)46-40(2)25-23-35(24-26-40)42(28-30-13-7-4-8-14-30)29-31-15-9-5-10-16-31/h4-19,21,27,32,35H,3,20,22-26,28-29H2,1-2H3,(H,41,45)(H,43,44). The van der Waals surface area contributed by atoms with Gasteiger partial charge in [-0.05, 0) is 79.7 Å². The van der Waals surface area contributed by atoms with E-state index < -0.39 is 17.7 Å². The third kappa shape index (κ3) is 9.07. The highest BCUT2D eigenvalue weighted by molar-refractivity contribution is 5.92. The molecule has 1 aliphatic rings. The van der Waals surface area contributed by atoms with Crippen LogP contribution < -0.4 is 5.32 Å². The number of aliphatic carboxylic acids is 1. The van der Waals surface area contributed by atoms with E-state index in [2.05, 4.69) is 84.7 Å². The summed E-state index contributed by atoms with van der Waals surface area (Å²) in [5.74, 6) is -0.715. The second-order valence-corrected chi connectivity index (χ2v) is 12.8. The van der Waals surface area contributed by atoms with Crippen LogP contribution in [0.5, 0.6) is 0 Å². The van der Waals surface area contributed by atoms with Crippen LogP contribution in [0.1, 0.15) is 81.4 Å². The van der Waals surface area contributed by atoms with Crippen molar-refractivity contribution in [1.29, 1.82) is 0 Å². The van der Waals surface area contributed by atoms with Crippen molar-refractivity contribution >= 4 is 17.7 Å². The lowest BCUT2D eigenvalue weighted by Crippen LogP contribution is -2.44.